The molecule has 1 aromatic carbocycles. The quantitative estimate of drug-likeness (QED) is 0.735. The second kappa shape index (κ2) is 9.06. The van der Waals surface area contributed by atoms with Crippen LogP contribution in [0.1, 0.15) is 34.8 Å². The van der Waals surface area contributed by atoms with Gasteiger partial charge in [0, 0.05) is 62.6 Å². The minimum Gasteiger partial charge on any atom is -0.341 e. The van der Waals surface area contributed by atoms with Gasteiger partial charge in [-0.3, -0.25) is 19.4 Å². The van der Waals surface area contributed by atoms with Gasteiger partial charge < -0.3 is 14.7 Å². The lowest BCUT2D eigenvalue weighted by atomic mass is 9.92. The summed E-state index contributed by atoms with van der Waals surface area (Å²) in [5.41, 5.74) is 1.46. The van der Waals surface area contributed by atoms with Crippen LogP contribution in [0.15, 0.2) is 48.8 Å². The van der Waals surface area contributed by atoms with Gasteiger partial charge in [0.15, 0.2) is 0 Å². The number of rotatable bonds is 3. The number of carbonyl (C=O) groups is 3. The number of pyridine rings is 1. The lowest BCUT2D eigenvalue weighted by Gasteiger charge is -2.29. The Balaban J connectivity index is 1.48. The van der Waals surface area contributed by atoms with Crippen LogP contribution in [0, 0.1) is 5.92 Å². The topological polar surface area (TPSA) is 73.8 Å². The normalized spacial score (nSPS) is 21.9. The zero-order valence-electron chi connectivity index (χ0n) is 17.4. The maximum absolute atomic E-state index is 13.5. The van der Waals surface area contributed by atoms with Gasteiger partial charge in [-0.25, -0.2) is 0 Å². The zero-order chi connectivity index (χ0) is 22.0. The number of hydrogen-bond donors (Lipinski definition) is 0. The van der Waals surface area contributed by atoms with Crippen LogP contribution < -0.4 is 0 Å². The van der Waals surface area contributed by atoms with Crippen LogP contribution in [-0.2, 0) is 9.59 Å². The minimum atomic E-state index is -0.460. The van der Waals surface area contributed by atoms with Gasteiger partial charge in [-0.05, 0) is 36.2 Å². The van der Waals surface area contributed by atoms with Gasteiger partial charge in [-0.1, -0.05) is 23.7 Å². The van der Waals surface area contributed by atoms with E-state index in [1.54, 1.807) is 52.3 Å². The summed E-state index contributed by atoms with van der Waals surface area (Å²) < 4.78 is 0. The number of carbonyl (C=O) groups excluding carboxylic acids is 3. The molecule has 2 fully saturated rings. The average molecular weight is 441 g/mol. The Morgan fingerprint density at radius 3 is 2.48 bits per heavy atom. The summed E-state index contributed by atoms with van der Waals surface area (Å²) in [6.07, 6.45) is 4.08. The smallest absolute Gasteiger partial charge is 0.254 e. The Bertz CT molecular complexity index is 984. The van der Waals surface area contributed by atoms with Crippen LogP contribution >= 0.6 is 11.6 Å². The van der Waals surface area contributed by atoms with Gasteiger partial charge in [0.2, 0.25) is 11.8 Å². The van der Waals surface area contributed by atoms with E-state index in [2.05, 4.69) is 4.98 Å². The highest BCUT2D eigenvalue weighted by Crippen LogP contribution is 2.39. The molecule has 4 rings (SSSR count). The highest BCUT2D eigenvalue weighted by molar-refractivity contribution is 6.30. The molecule has 0 spiro atoms. The van der Waals surface area contributed by atoms with E-state index in [1.165, 1.54) is 0 Å². The molecule has 31 heavy (non-hydrogen) atoms. The number of amides is 3. The summed E-state index contributed by atoms with van der Waals surface area (Å²) in [6, 6.07) is 10.4. The second-order valence-corrected chi connectivity index (χ2v) is 8.46. The number of benzene rings is 1. The Hall–Kier alpha value is -2.93. The third kappa shape index (κ3) is 4.42. The van der Waals surface area contributed by atoms with Gasteiger partial charge in [0.1, 0.15) is 0 Å². The van der Waals surface area contributed by atoms with Crippen molar-refractivity contribution < 1.29 is 14.4 Å². The molecule has 0 saturated carbocycles. The SMILES string of the molecule is CN1C(=O)CC(C(=O)N2CCCN(C(=O)c3ccncc3)CC2)C1c1cccc(Cl)c1. The van der Waals surface area contributed by atoms with Crippen LogP contribution in [-0.4, -0.2) is 70.6 Å². The van der Waals surface area contributed by atoms with Crippen molar-refractivity contribution in [1.29, 1.82) is 0 Å². The molecule has 0 N–H and O–H groups in total. The lowest BCUT2D eigenvalue weighted by molar-refractivity contribution is -0.136. The molecule has 2 unspecified atom stereocenters. The zero-order valence-corrected chi connectivity index (χ0v) is 18.2. The summed E-state index contributed by atoms with van der Waals surface area (Å²) in [7, 11) is 1.73. The molecular weight excluding hydrogens is 416 g/mol. The summed E-state index contributed by atoms with van der Waals surface area (Å²) in [5.74, 6) is -0.601. The van der Waals surface area contributed by atoms with E-state index >= 15 is 0 Å². The first-order valence-corrected chi connectivity index (χ1v) is 10.8. The molecule has 0 bridgehead atoms. The molecular formula is C23H25ClN4O3. The molecule has 1 aromatic heterocycles. The van der Waals surface area contributed by atoms with Crippen molar-refractivity contribution in [1.82, 2.24) is 19.7 Å². The fourth-order valence-corrected chi connectivity index (χ4v) is 4.69. The van der Waals surface area contributed by atoms with E-state index in [1.807, 2.05) is 18.2 Å². The molecule has 3 heterocycles. The van der Waals surface area contributed by atoms with Crippen LogP contribution in [0.2, 0.25) is 5.02 Å². The van der Waals surface area contributed by atoms with Crippen molar-refractivity contribution in [2.24, 2.45) is 5.92 Å². The summed E-state index contributed by atoms with van der Waals surface area (Å²) in [4.78, 5) is 47.9. The minimum absolute atomic E-state index is 0.0408. The molecule has 0 aliphatic carbocycles. The predicted octanol–water partition coefficient (Wildman–Crippen LogP) is 2.63. The summed E-state index contributed by atoms with van der Waals surface area (Å²) in [5, 5.41) is 0.580. The van der Waals surface area contributed by atoms with Crippen molar-refractivity contribution in [2.45, 2.75) is 18.9 Å². The molecule has 2 saturated heterocycles. The number of likely N-dealkylation sites (tertiary alicyclic amines) is 1. The first kappa shape index (κ1) is 21.3. The molecule has 7 nitrogen and oxygen atoms in total. The largest absolute Gasteiger partial charge is 0.341 e. The summed E-state index contributed by atoms with van der Waals surface area (Å²) in [6.45, 7) is 2.07. The number of halogens is 1. The van der Waals surface area contributed by atoms with E-state index < -0.39 is 5.92 Å². The van der Waals surface area contributed by atoms with Crippen LogP contribution in [0.4, 0.5) is 0 Å². The van der Waals surface area contributed by atoms with Crippen molar-refractivity contribution >= 4 is 29.3 Å². The van der Waals surface area contributed by atoms with E-state index in [0.29, 0.717) is 43.2 Å². The molecule has 2 aliphatic heterocycles. The van der Waals surface area contributed by atoms with Gasteiger partial charge in [-0.2, -0.15) is 0 Å². The van der Waals surface area contributed by atoms with Crippen molar-refractivity contribution in [3.05, 3.63) is 64.9 Å². The van der Waals surface area contributed by atoms with Gasteiger partial charge in [-0.15, -0.1) is 0 Å². The van der Waals surface area contributed by atoms with Crippen LogP contribution in [0.5, 0.6) is 0 Å². The molecule has 2 atom stereocenters. The monoisotopic (exact) mass is 440 g/mol. The molecule has 2 aromatic rings. The number of aromatic nitrogens is 1. The molecule has 0 radical (unpaired) electrons. The average Bonchev–Trinajstić information content (AvgIpc) is 2.95. The highest BCUT2D eigenvalue weighted by atomic mass is 35.5. The van der Waals surface area contributed by atoms with Crippen molar-refractivity contribution in [3.8, 4) is 0 Å². The first-order chi connectivity index (χ1) is 15.0. The Kier molecular flexibility index (Phi) is 6.23. The number of hydrogen-bond acceptors (Lipinski definition) is 4. The maximum Gasteiger partial charge on any atom is 0.254 e. The van der Waals surface area contributed by atoms with Gasteiger partial charge in [0.25, 0.3) is 5.91 Å². The third-order valence-electron chi connectivity index (χ3n) is 6.12. The Labute approximate surface area is 186 Å². The van der Waals surface area contributed by atoms with Gasteiger partial charge in [0.05, 0.1) is 12.0 Å². The van der Waals surface area contributed by atoms with E-state index in [4.69, 9.17) is 11.6 Å². The maximum atomic E-state index is 13.5. The van der Waals surface area contributed by atoms with E-state index in [0.717, 1.165) is 5.56 Å². The molecule has 8 heteroatoms. The fourth-order valence-electron chi connectivity index (χ4n) is 4.49. The second-order valence-electron chi connectivity index (χ2n) is 8.02. The molecule has 3 amide bonds. The van der Waals surface area contributed by atoms with Crippen molar-refractivity contribution in [3.63, 3.8) is 0 Å². The third-order valence-corrected chi connectivity index (χ3v) is 6.35. The Morgan fingerprint density at radius 2 is 1.74 bits per heavy atom. The molecule has 162 valence electrons. The van der Waals surface area contributed by atoms with Crippen LogP contribution in [0.25, 0.3) is 0 Å². The van der Waals surface area contributed by atoms with E-state index in [-0.39, 0.29) is 30.2 Å². The number of nitrogens with zero attached hydrogens (tertiary/aromatic N) is 4. The molecule has 2 aliphatic rings. The van der Waals surface area contributed by atoms with E-state index in [9.17, 15) is 14.4 Å². The predicted molar refractivity (Wildman–Crippen MR) is 116 cm³/mol. The fraction of sp³-hybridized carbons (Fsp3) is 0.391. The highest BCUT2D eigenvalue weighted by Gasteiger charge is 2.44. The van der Waals surface area contributed by atoms with Crippen LogP contribution in [0.3, 0.4) is 0 Å². The lowest BCUT2D eigenvalue weighted by Crippen LogP contribution is -2.41. The summed E-state index contributed by atoms with van der Waals surface area (Å²) >= 11 is 6.16. The van der Waals surface area contributed by atoms with Gasteiger partial charge >= 0.3 is 0 Å². The standard InChI is InChI=1S/C23H25ClN4O3/c1-26-20(29)15-19(21(26)17-4-2-5-18(24)14-17)23(31)28-11-3-10-27(12-13-28)22(30)16-6-8-25-9-7-16/h2,4-9,14,19,21H,3,10-13,15H2,1H3. The first-order valence-electron chi connectivity index (χ1n) is 10.4. The van der Waals surface area contributed by atoms with Crippen molar-refractivity contribution in [2.75, 3.05) is 33.2 Å². The Morgan fingerprint density at radius 1 is 1.03 bits per heavy atom.